The number of carbonyl (C=O) groups excluding carboxylic acids is 1. The Morgan fingerprint density at radius 3 is 2.38 bits per heavy atom. The van der Waals surface area contributed by atoms with E-state index in [9.17, 15) is 4.79 Å². The van der Waals surface area contributed by atoms with Crippen LogP contribution in [0.4, 0.5) is 0 Å². The zero-order valence-electron chi connectivity index (χ0n) is 5.48. The summed E-state index contributed by atoms with van der Waals surface area (Å²) in [5, 5.41) is 0. The van der Waals surface area contributed by atoms with E-state index in [4.69, 9.17) is 5.73 Å². The zero-order chi connectivity index (χ0) is 6.57. The van der Waals surface area contributed by atoms with Gasteiger partial charge in [0.25, 0.3) is 0 Å². The first-order chi connectivity index (χ1) is 3.68. The van der Waals surface area contributed by atoms with Crippen molar-refractivity contribution in [2.75, 3.05) is 6.54 Å². The van der Waals surface area contributed by atoms with Crippen molar-refractivity contribution in [1.82, 2.24) is 0 Å². The molecular formula is C6H13NO. The van der Waals surface area contributed by atoms with E-state index in [1.807, 2.05) is 6.92 Å². The molecule has 1 unspecified atom stereocenters. The molecule has 48 valence electrons. The van der Waals surface area contributed by atoms with Gasteiger partial charge in [-0.3, -0.25) is 4.79 Å². The molecule has 0 aromatic rings. The average molecular weight is 115 g/mol. The highest BCUT2D eigenvalue weighted by Gasteiger charge is 2.03. The van der Waals surface area contributed by atoms with E-state index >= 15 is 0 Å². The van der Waals surface area contributed by atoms with Crippen molar-refractivity contribution in [3.8, 4) is 0 Å². The lowest BCUT2D eigenvalue weighted by Gasteiger charge is -2.01. The second-order valence-corrected chi connectivity index (χ2v) is 2.09. The average Bonchev–Trinajstić information content (AvgIpc) is 1.67. The first-order valence-electron chi connectivity index (χ1n) is 2.89. The van der Waals surface area contributed by atoms with E-state index in [2.05, 4.69) is 0 Å². The van der Waals surface area contributed by atoms with Gasteiger partial charge in [0.15, 0.2) is 0 Å². The first kappa shape index (κ1) is 7.63. The van der Waals surface area contributed by atoms with Crippen LogP contribution >= 0.6 is 0 Å². The van der Waals surface area contributed by atoms with Gasteiger partial charge < -0.3 is 5.73 Å². The lowest BCUT2D eigenvalue weighted by Crippen LogP contribution is -2.11. The van der Waals surface area contributed by atoms with Gasteiger partial charge in [0.2, 0.25) is 0 Å². The predicted molar refractivity (Wildman–Crippen MR) is 33.5 cm³/mol. The molecule has 2 heteroatoms. The van der Waals surface area contributed by atoms with Crippen LogP contribution in [0.2, 0.25) is 0 Å². The van der Waals surface area contributed by atoms with E-state index in [0.29, 0.717) is 6.54 Å². The fraction of sp³-hybridized carbons (Fsp3) is 0.833. The number of nitrogens with two attached hydrogens (primary N) is 1. The van der Waals surface area contributed by atoms with E-state index in [1.165, 1.54) is 0 Å². The molecule has 1 atom stereocenters. The van der Waals surface area contributed by atoms with E-state index in [1.54, 1.807) is 6.92 Å². The number of rotatable bonds is 3. The van der Waals surface area contributed by atoms with Crippen molar-refractivity contribution < 1.29 is 4.79 Å². The van der Waals surface area contributed by atoms with Crippen LogP contribution in [-0.4, -0.2) is 12.3 Å². The van der Waals surface area contributed by atoms with Gasteiger partial charge in [0, 0.05) is 5.92 Å². The third-order valence-electron chi connectivity index (χ3n) is 1.29. The molecule has 0 bridgehead atoms. The first-order valence-corrected chi connectivity index (χ1v) is 2.89. The fourth-order valence-electron chi connectivity index (χ4n) is 0.453. The number of Topliss-reactive ketones (excluding diaryl/α,β-unsaturated/α-hetero) is 1. The van der Waals surface area contributed by atoms with Crippen molar-refractivity contribution in [2.45, 2.75) is 20.3 Å². The van der Waals surface area contributed by atoms with Gasteiger partial charge in [-0.1, -0.05) is 6.92 Å². The summed E-state index contributed by atoms with van der Waals surface area (Å²) in [6.45, 7) is 4.11. The molecule has 0 aliphatic heterocycles. The second kappa shape index (κ2) is 3.61. The molecule has 0 rings (SSSR count). The molecule has 0 heterocycles. The fourth-order valence-corrected chi connectivity index (χ4v) is 0.453. The zero-order valence-corrected chi connectivity index (χ0v) is 5.48. The van der Waals surface area contributed by atoms with Gasteiger partial charge in [-0.2, -0.15) is 0 Å². The minimum Gasteiger partial charge on any atom is -0.330 e. The van der Waals surface area contributed by atoms with E-state index in [0.717, 1.165) is 6.42 Å². The minimum absolute atomic E-state index is 0.153. The molecule has 0 aliphatic rings. The number of hydrogen-bond acceptors (Lipinski definition) is 2. The normalized spacial score (nSPS) is 13.4. The number of ketones is 1. The van der Waals surface area contributed by atoms with Gasteiger partial charge >= 0.3 is 0 Å². The molecule has 0 amide bonds. The summed E-state index contributed by atoms with van der Waals surface area (Å²) < 4.78 is 0. The topological polar surface area (TPSA) is 43.1 Å². The number of carbonyl (C=O) groups is 1. The van der Waals surface area contributed by atoms with E-state index < -0.39 is 0 Å². The number of hydrogen-bond donors (Lipinski definition) is 1. The van der Waals surface area contributed by atoms with Gasteiger partial charge in [-0.15, -0.1) is 0 Å². The van der Waals surface area contributed by atoms with Crippen molar-refractivity contribution >= 4 is 5.78 Å². The summed E-state index contributed by atoms with van der Waals surface area (Å²) in [6.07, 6.45) is 0.815. The highest BCUT2D eigenvalue weighted by atomic mass is 16.1. The molecule has 0 spiro atoms. The maximum absolute atomic E-state index is 10.5. The molecular weight excluding hydrogens is 102 g/mol. The van der Waals surface area contributed by atoms with Crippen LogP contribution in [-0.2, 0) is 4.79 Å². The van der Waals surface area contributed by atoms with Crippen molar-refractivity contribution in [3.63, 3.8) is 0 Å². The predicted octanol–water partition coefficient (Wildman–Crippen LogP) is 0.560. The smallest absolute Gasteiger partial charge is 0.132 e. The Hall–Kier alpha value is -0.370. The highest BCUT2D eigenvalue weighted by Crippen LogP contribution is 1.99. The molecule has 0 aliphatic carbocycles. The summed E-state index contributed by atoms with van der Waals surface area (Å²) >= 11 is 0. The maximum atomic E-state index is 10.5. The van der Waals surface area contributed by atoms with Crippen molar-refractivity contribution in [2.24, 2.45) is 11.7 Å². The van der Waals surface area contributed by atoms with Crippen LogP contribution in [0, 0.1) is 5.92 Å². The molecule has 0 fully saturated rings. The molecule has 0 aromatic heterocycles. The molecule has 8 heavy (non-hydrogen) atoms. The lowest BCUT2D eigenvalue weighted by molar-refractivity contribution is -0.120. The molecule has 2 nitrogen and oxygen atoms in total. The molecule has 2 N–H and O–H groups in total. The Bertz CT molecular complexity index is 80.6. The van der Waals surface area contributed by atoms with Crippen LogP contribution < -0.4 is 5.73 Å². The maximum Gasteiger partial charge on any atom is 0.132 e. The Morgan fingerprint density at radius 1 is 1.75 bits per heavy atom. The van der Waals surface area contributed by atoms with Gasteiger partial charge in [0.05, 0.1) is 0 Å². The van der Waals surface area contributed by atoms with E-state index in [-0.39, 0.29) is 11.7 Å². The second-order valence-electron chi connectivity index (χ2n) is 2.09. The van der Waals surface area contributed by atoms with Crippen LogP contribution in [0.5, 0.6) is 0 Å². The summed E-state index contributed by atoms with van der Waals surface area (Å²) in [6, 6.07) is 0. The van der Waals surface area contributed by atoms with Crippen LogP contribution in [0.1, 0.15) is 20.3 Å². The summed E-state index contributed by atoms with van der Waals surface area (Å²) in [4.78, 5) is 10.5. The minimum atomic E-state index is 0.153. The Balaban J connectivity index is 3.32. The van der Waals surface area contributed by atoms with Crippen LogP contribution in [0.25, 0.3) is 0 Å². The quantitative estimate of drug-likeness (QED) is 0.584. The standard InChI is InChI=1S/C6H13NO/c1-5(3-4-7)6(2)8/h5H,3-4,7H2,1-2H3. The van der Waals surface area contributed by atoms with Crippen LogP contribution in [0.3, 0.4) is 0 Å². The Labute approximate surface area is 50.1 Å². The van der Waals surface area contributed by atoms with Crippen LogP contribution in [0.15, 0.2) is 0 Å². The Morgan fingerprint density at radius 2 is 2.25 bits per heavy atom. The van der Waals surface area contributed by atoms with Crippen molar-refractivity contribution in [1.29, 1.82) is 0 Å². The molecule has 0 saturated heterocycles. The Kier molecular flexibility index (Phi) is 3.44. The summed E-state index contributed by atoms with van der Waals surface area (Å²) in [5.74, 6) is 0.385. The monoisotopic (exact) mass is 115 g/mol. The lowest BCUT2D eigenvalue weighted by atomic mass is 10.0. The van der Waals surface area contributed by atoms with Crippen molar-refractivity contribution in [3.05, 3.63) is 0 Å². The molecule has 0 saturated carbocycles. The van der Waals surface area contributed by atoms with Gasteiger partial charge in [0.1, 0.15) is 5.78 Å². The molecule has 0 aromatic carbocycles. The molecule has 0 radical (unpaired) electrons. The van der Waals surface area contributed by atoms with Gasteiger partial charge in [-0.25, -0.2) is 0 Å². The third-order valence-corrected chi connectivity index (χ3v) is 1.29. The largest absolute Gasteiger partial charge is 0.330 e. The summed E-state index contributed by atoms with van der Waals surface area (Å²) in [7, 11) is 0. The van der Waals surface area contributed by atoms with Gasteiger partial charge in [-0.05, 0) is 19.9 Å². The SMILES string of the molecule is CC(=O)C(C)CCN. The third kappa shape index (κ3) is 2.75. The highest BCUT2D eigenvalue weighted by molar-refractivity contribution is 5.77. The summed E-state index contributed by atoms with van der Waals surface area (Å²) in [5.41, 5.74) is 5.22.